The molecule has 0 aliphatic heterocycles. The van der Waals surface area contributed by atoms with Crippen LogP contribution in [0.4, 0.5) is 0 Å². The van der Waals surface area contributed by atoms with Crippen LogP contribution in [-0.4, -0.2) is 37.6 Å². The Labute approximate surface area is 116 Å². The Hall–Kier alpha value is -1.15. The van der Waals surface area contributed by atoms with Gasteiger partial charge in [0.05, 0.1) is 6.61 Å². The molecular formula is C11H14ClN3O3S. The van der Waals surface area contributed by atoms with Gasteiger partial charge in [0.25, 0.3) is 10.0 Å². The Morgan fingerprint density at radius 3 is 3.00 bits per heavy atom. The molecule has 0 aliphatic carbocycles. The number of rotatable bonds is 6. The Kier molecular flexibility index (Phi) is 4.41. The molecule has 0 aromatic carbocycles. The lowest BCUT2D eigenvalue weighted by molar-refractivity contribution is 0.153. The van der Waals surface area contributed by atoms with E-state index in [1.165, 1.54) is 4.40 Å². The van der Waals surface area contributed by atoms with Crippen LogP contribution in [0.1, 0.15) is 6.92 Å². The first-order valence-corrected chi connectivity index (χ1v) is 7.62. The monoisotopic (exact) mass is 303 g/mol. The molecule has 0 saturated heterocycles. The van der Waals surface area contributed by atoms with E-state index >= 15 is 0 Å². The summed E-state index contributed by atoms with van der Waals surface area (Å²) in [4.78, 5) is 4.00. The summed E-state index contributed by atoms with van der Waals surface area (Å²) in [5.74, 6) is 0. The highest BCUT2D eigenvalue weighted by Gasteiger charge is 2.23. The second kappa shape index (κ2) is 5.87. The number of nitrogens with zero attached hydrogens (tertiary/aromatic N) is 2. The molecule has 2 heterocycles. The van der Waals surface area contributed by atoms with Gasteiger partial charge in [-0.1, -0.05) is 17.7 Å². The molecule has 6 nitrogen and oxygen atoms in total. The number of pyridine rings is 1. The molecule has 8 heteroatoms. The molecule has 2 rings (SSSR count). The zero-order chi connectivity index (χ0) is 13.9. The van der Waals surface area contributed by atoms with Crippen LogP contribution in [-0.2, 0) is 14.8 Å². The van der Waals surface area contributed by atoms with E-state index in [1.807, 2.05) is 6.92 Å². The molecule has 0 amide bonds. The average Bonchev–Trinajstić information content (AvgIpc) is 2.71. The predicted molar refractivity (Wildman–Crippen MR) is 71.9 cm³/mol. The zero-order valence-corrected chi connectivity index (χ0v) is 11.9. The molecule has 0 atom stereocenters. The number of halogens is 1. The summed E-state index contributed by atoms with van der Waals surface area (Å²) >= 11 is 5.91. The maximum absolute atomic E-state index is 12.2. The van der Waals surface area contributed by atoms with E-state index in [-0.39, 0.29) is 16.7 Å². The Balaban J connectivity index is 2.30. The molecule has 0 bridgehead atoms. The number of fused-ring (bicyclic) bond motifs is 1. The Bertz CT molecular complexity index is 669. The van der Waals surface area contributed by atoms with Crippen LogP contribution < -0.4 is 4.72 Å². The first-order chi connectivity index (χ1) is 9.06. The van der Waals surface area contributed by atoms with E-state index in [0.717, 1.165) is 0 Å². The minimum atomic E-state index is -3.72. The maximum Gasteiger partial charge on any atom is 0.259 e. The highest BCUT2D eigenvalue weighted by molar-refractivity contribution is 7.89. The highest BCUT2D eigenvalue weighted by Crippen LogP contribution is 2.21. The quantitative estimate of drug-likeness (QED) is 0.817. The molecule has 104 valence electrons. The molecule has 0 fully saturated rings. The smallest absolute Gasteiger partial charge is 0.259 e. The van der Waals surface area contributed by atoms with Crippen molar-refractivity contribution in [1.82, 2.24) is 14.1 Å². The summed E-state index contributed by atoms with van der Waals surface area (Å²) in [6.07, 6.45) is 1.60. The van der Waals surface area contributed by atoms with Gasteiger partial charge >= 0.3 is 0 Å². The van der Waals surface area contributed by atoms with Crippen LogP contribution in [0.25, 0.3) is 5.65 Å². The minimum Gasteiger partial charge on any atom is -0.380 e. The van der Waals surface area contributed by atoms with Gasteiger partial charge in [0.1, 0.15) is 5.65 Å². The molecule has 2 aromatic heterocycles. The molecule has 0 spiro atoms. The van der Waals surface area contributed by atoms with E-state index in [4.69, 9.17) is 16.3 Å². The first-order valence-electron chi connectivity index (χ1n) is 5.76. The largest absolute Gasteiger partial charge is 0.380 e. The van der Waals surface area contributed by atoms with Crippen molar-refractivity contribution >= 4 is 27.3 Å². The van der Waals surface area contributed by atoms with Crippen LogP contribution in [0.2, 0.25) is 5.15 Å². The standard InChI is InChI=1S/C11H14ClN3O3S/c1-2-18-8-6-13-19(16,17)11-10(12)14-9-5-3-4-7-15(9)11/h3-5,7,13H,2,6,8H2,1H3. The third kappa shape index (κ3) is 3.06. The van der Waals surface area contributed by atoms with Gasteiger partial charge < -0.3 is 4.74 Å². The number of sulfonamides is 1. The first kappa shape index (κ1) is 14.3. The summed E-state index contributed by atoms with van der Waals surface area (Å²) in [6, 6.07) is 5.16. The summed E-state index contributed by atoms with van der Waals surface area (Å²) in [6.45, 7) is 2.88. The third-order valence-corrected chi connectivity index (χ3v) is 4.30. The topological polar surface area (TPSA) is 72.7 Å². The fourth-order valence-corrected chi connectivity index (χ4v) is 3.30. The number of hydrogen-bond donors (Lipinski definition) is 1. The molecule has 0 saturated carbocycles. The van der Waals surface area contributed by atoms with Crippen molar-refractivity contribution in [3.05, 3.63) is 29.5 Å². The van der Waals surface area contributed by atoms with Crippen LogP contribution >= 0.6 is 11.6 Å². The number of ether oxygens (including phenoxy) is 1. The highest BCUT2D eigenvalue weighted by atomic mass is 35.5. The predicted octanol–water partition coefficient (Wildman–Crippen LogP) is 1.30. The van der Waals surface area contributed by atoms with Gasteiger partial charge in [-0.2, -0.15) is 0 Å². The van der Waals surface area contributed by atoms with E-state index < -0.39 is 10.0 Å². The number of imidazole rings is 1. The zero-order valence-electron chi connectivity index (χ0n) is 10.3. The molecule has 0 aliphatic rings. The Morgan fingerprint density at radius 1 is 1.47 bits per heavy atom. The molecule has 0 radical (unpaired) electrons. The van der Waals surface area contributed by atoms with E-state index in [0.29, 0.717) is 18.9 Å². The lowest BCUT2D eigenvalue weighted by atomic mass is 10.5. The molecule has 0 unspecified atom stereocenters. The molecule has 2 aromatic rings. The van der Waals surface area contributed by atoms with Crippen molar-refractivity contribution in [2.75, 3.05) is 19.8 Å². The minimum absolute atomic E-state index is 0.0462. The summed E-state index contributed by atoms with van der Waals surface area (Å²) in [5.41, 5.74) is 0.484. The van der Waals surface area contributed by atoms with Gasteiger partial charge in [0, 0.05) is 19.3 Å². The van der Waals surface area contributed by atoms with E-state index in [2.05, 4.69) is 9.71 Å². The maximum atomic E-state index is 12.2. The molecule has 1 N–H and O–H groups in total. The molecule has 19 heavy (non-hydrogen) atoms. The number of aromatic nitrogens is 2. The lowest BCUT2D eigenvalue weighted by Gasteiger charge is -2.06. The fourth-order valence-electron chi connectivity index (χ4n) is 1.65. The SMILES string of the molecule is CCOCCNS(=O)(=O)c1c(Cl)nc2ccccn12. The lowest BCUT2D eigenvalue weighted by Crippen LogP contribution is -2.28. The van der Waals surface area contributed by atoms with Crippen molar-refractivity contribution in [1.29, 1.82) is 0 Å². The second-order valence-corrected chi connectivity index (χ2v) is 5.77. The van der Waals surface area contributed by atoms with Crippen molar-refractivity contribution in [2.45, 2.75) is 11.9 Å². The van der Waals surface area contributed by atoms with E-state index in [9.17, 15) is 8.42 Å². The summed E-state index contributed by atoms with van der Waals surface area (Å²) in [5, 5.41) is -0.101. The third-order valence-electron chi connectivity index (χ3n) is 2.44. The normalized spacial score (nSPS) is 12.1. The van der Waals surface area contributed by atoms with Gasteiger partial charge in [-0.15, -0.1) is 0 Å². The van der Waals surface area contributed by atoms with Gasteiger partial charge in [0.2, 0.25) is 0 Å². The van der Waals surface area contributed by atoms with Gasteiger partial charge in [-0.3, -0.25) is 4.40 Å². The van der Waals surface area contributed by atoms with Crippen molar-refractivity contribution in [2.24, 2.45) is 0 Å². The summed E-state index contributed by atoms with van der Waals surface area (Å²) in [7, 11) is -3.72. The second-order valence-electron chi connectivity index (χ2n) is 3.73. The van der Waals surface area contributed by atoms with Gasteiger partial charge in [-0.25, -0.2) is 18.1 Å². The average molecular weight is 304 g/mol. The van der Waals surface area contributed by atoms with Crippen molar-refractivity contribution < 1.29 is 13.2 Å². The van der Waals surface area contributed by atoms with Crippen LogP contribution in [0.5, 0.6) is 0 Å². The molecular weight excluding hydrogens is 290 g/mol. The number of nitrogens with one attached hydrogen (secondary N) is 1. The Morgan fingerprint density at radius 2 is 2.26 bits per heavy atom. The van der Waals surface area contributed by atoms with Gasteiger partial charge in [0.15, 0.2) is 10.2 Å². The van der Waals surface area contributed by atoms with Gasteiger partial charge in [-0.05, 0) is 19.1 Å². The van der Waals surface area contributed by atoms with Crippen LogP contribution in [0.15, 0.2) is 29.4 Å². The van der Waals surface area contributed by atoms with Crippen molar-refractivity contribution in [3.63, 3.8) is 0 Å². The van der Waals surface area contributed by atoms with Crippen molar-refractivity contribution in [3.8, 4) is 0 Å². The van der Waals surface area contributed by atoms with Crippen LogP contribution in [0, 0.1) is 0 Å². The van der Waals surface area contributed by atoms with E-state index in [1.54, 1.807) is 24.4 Å². The summed E-state index contributed by atoms with van der Waals surface area (Å²) < 4.78 is 33.3. The number of hydrogen-bond acceptors (Lipinski definition) is 4. The fraction of sp³-hybridized carbons (Fsp3) is 0.364. The van der Waals surface area contributed by atoms with Crippen LogP contribution in [0.3, 0.4) is 0 Å².